The van der Waals surface area contributed by atoms with E-state index >= 15 is 0 Å². The summed E-state index contributed by atoms with van der Waals surface area (Å²) in [5.41, 5.74) is 1.15. The quantitative estimate of drug-likeness (QED) is 0.298. The minimum atomic E-state index is -0.615. The van der Waals surface area contributed by atoms with Gasteiger partial charge < -0.3 is 9.72 Å². The Morgan fingerprint density at radius 1 is 1.15 bits per heavy atom. The molecule has 0 saturated heterocycles. The van der Waals surface area contributed by atoms with Crippen LogP contribution in [-0.4, -0.2) is 23.3 Å². The minimum Gasteiger partial charge on any atom is -0.462 e. The summed E-state index contributed by atoms with van der Waals surface area (Å²) in [4.78, 5) is 27.3. The highest BCUT2D eigenvalue weighted by atomic mass is 16.5. The Balaban J connectivity index is 2.37. The van der Waals surface area contributed by atoms with Crippen molar-refractivity contribution in [2.24, 2.45) is 0 Å². The van der Waals surface area contributed by atoms with Crippen LogP contribution in [0.25, 0.3) is 6.08 Å². The zero-order valence-corrected chi connectivity index (χ0v) is 11.1. The summed E-state index contributed by atoms with van der Waals surface area (Å²) in [7, 11) is 0. The largest absolute Gasteiger partial charge is 0.462 e. The third kappa shape index (κ3) is 3.23. The Morgan fingerprint density at radius 3 is 2.50 bits per heavy atom. The maximum absolute atomic E-state index is 12.4. The molecule has 0 saturated carbocycles. The zero-order valence-electron chi connectivity index (χ0n) is 11.1. The molecule has 1 aromatic heterocycles. The first-order chi connectivity index (χ1) is 9.72. The summed E-state index contributed by atoms with van der Waals surface area (Å²) >= 11 is 0. The molecule has 4 nitrogen and oxygen atoms in total. The Bertz CT molecular complexity index is 612. The van der Waals surface area contributed by atoms with Gasteiger partial charge in [0.05, 0.1) is 6.61 Å². The fourth-order valence-corrected chi connectivity index (χ4v) is 1.76. The van der Waals surface area contributed by atoms with Crippen LogP contribution in [0.2, 0.25) is 0 Å². The lowest BCUT2D eigenvalue weighted by atomic mass is 10.0. The van der Waals surface area contributed by atoms with E-state index in [0.29, 0.717) is 11.3 Å². The van der Waals surface area contributed by atoms with E-state index in [0.717, 1.165) is 0 Å². The number of ketones is 1. The number of Topliss-reactive ketones (excluding diaryl/α,β-unsaturated/α-hetero) is 1. The van der Waals surface area contributed by atoms with Gasteiger partial charge in [-0.05, 0) is 25.1 Å². The third-order valence-electron chi connectivity index (χ3n) is 2.70. The van der Waals surface area contributed by atoms with Gasteiger partial charge in [-0.2, -0.15) is 0 Å². The Morgan fingerprint density at radius 2 is 1.90 bits per heavy atom. The number of hydrogen-bond donors (Lipinski definition) is 1. The van der Waals surface area contributed by atoms with Crippen LogP contribution < -0.4 is 0 Å². The summed E-state index contributed by atoms with van der Waals surface area (Å²) in [5.74, 6) is -0.963. The molecule has 1 N–H and O–H groups in total. The lowest BCUT2D eigenvalue weighted by Crippen LogP contribution is -2.16. The van der Waals surface area contributed by atoms with Crippen LogP contribution in [0, 0.1) is 0 Å². The minimum absolute atomic E-state index is 0.0144. The Labute approximate surface area is 117 Å². The first kappa shape index (κ1) is 13.8. The average molecular weight is 269 g/mol. The maximum atomic E-state index is 12.4. The number of nitrogens with one attached hydrogen (secondary N) is 1. The van der Waals surface area contributed by atoms with Gasteiger partial charge in [-0.1, -0.05) is 30.3 Å². The van der Waals surface area contributed by atoms with E-state index in [1.54, 1.807) is 49.5 Å². The van der Waals surface area contributed by atoms with Gasteiger partial charge in [0.1, 0.15) is 5.57 Å². The number of aromatic amines is 1. The van der Waals surface area contributed by atoms with Crippen molar-refractivity contribution < 1.29 is 14.3 Å². The molecular formula is C16H15NO3. The highest BCUT2D eigenvalue weighted by Crippen LogP contribution is 2.13. The van der Waals surface area contributed by atoms with Gasteiger partial charge in [0.15, 0.2) is 5.78 Å². The van der Waals surface area contributed by atoms with Crippen LogP contribution >= 0.6 is 0 Å². The molecule has 0 radical (unpaired) electrons. The lowest BCUT2D eigenvalue weighted by Gasteiger charge is -2.06. The highest BCUT2D eigenvalue weighted by molar-refractivity contribution is 6.26. The van der Waals surface area contributed by atoms with Crippen molar-refractivity contribution in [3.63, 3.8) is 0 Å². The number of carbonyl (C=O) groups excluding carboxylic acids is 2. The molecule has 0 amide bonds. The fourth-order valence-electron chi connectivity index (χ4n) is 1.76. The van der Waals surface area contributed by atoms with E-state index in [4.69, 9.17) is 4.74 Å². The number of ether oxygens (including phenoxy) is 1. The molecular weight excluding hydrogens is 254 g/mol. The van der Waals surface area contributed by atoms with Gasteiger partial charge in [-0.25, -0.2) is 4.79 Å². The van der Waals surface area contributed by atoms with Crippen molar-refractivity contribution in [1.29, 1.82) is 0 Å². The topological polar surface area (TPSA) is 59.2 Å². The lowest BCUT2D eigenvalue weighted by molar-refractivity contribution is -0.137. The average Bonchev–Trinajstić information content (AvgIpc) is 2.98. The molecule has 1 aromatic carbocycles. The number of aromatic nitrogens is 1. The molecule has 2 rings (SSSR count). The first-order valence-electron chi connectivity index (χ1n) is 6.34. The molecule has 0 spiro atoms. The standard InChI is InChI=1S/C16H15NO3/c1-2-20-16(19)14(11-13-9-6-10-17-13)15(18)12-7-4-3-5-8-12/h3-11,17H,2H2,1H3/b14-11+. The molecule has 0 unspecified atom stereocenters. The zero-order chi connectivity index (χ0) is 14.4. The molecule has 0 bridgehead atoms. The Hall–Kier alpha value is -2.62. The first-order valence-corrected chi connectivity index (χ1v) is 6.34. The van der Waals surface area contributed by atoms with Crippen LogP contribution in [0.15, 0.2) is 54.2 Å². The predicted octanol–water partition coefficient (Wildman–Crippen LogP) is 2.84. The number of carbonyl (C=O) groups is 2. The normalized spacial score (nSPS) is 11.2. The number of rotatable bonds is 5. The maximum Gasteiger partial charge on any atom is 0.342 e. The van der Waals surface area contributed by atoms with Crippen molar-refractivity contribution in [1.82, 2.24) is 4.98 Å². The summed E-state index contributed by atoms with van der Waals surface area (Å²) in [5, 5.41) is 0. The van der Waals surface area contributed by atoms with Crippen LogP contribution in [0.1, 0.15) is 23.0 Å². The van der Waals surface area contributed by atoms with Crippen molar-refractivity contribution >= 4 is 17.8 Å². The van der Waals surface area contributed by atoms with Gasteiger partial charge in [-0.3, -0.25) is 4.79 Å². The van der Waals surface area contributed by atoms with Crippen LogP contribution in [0.4, 0.5) is 0 Å². The molecule has 0 aliphatic heterocycles. The monoisotopic (exact) mass is 269 g/mol. The van der Waals surface area contributed by atoms with Crippen molar-refractivity contribution in [3.05, 3.63) is 65.5 Å². The molecule has 2 aromatic rings. The van der Waals surface area contributed by atoms with Crippen molar-refractivity contribution in [3.8, 4) is 0 Å². The molecule has 4 heteroatoms. The number of benzene rings is 1. The van der Waals surface area contributed by atoms with Gasteiger partial charge in [0, 0.05) is 17.5 Å². The molecule has 1 heterocycles. The number of hydrogen-bond acceptors (Lipinski definition) is 3. The highest BCUT2D eigenvalue weighted by Gasteiger charge is 2.21. The van der Waals surface area contributed by atoms with E-state index in [1.165, 1.54) is 6.08 Å². The fraction of sp³-hybridized carbons (Fsp3) is 0.125. The van der Waals surface area contributed by atoms with E-state index < -0.39 is 5.97 Å². The van der Waals surface area contributed by atoms with E-state index in [9.17, 15) is 9.59 Å². The second-order valence-electron chi connectivity index (χ2n) is 4.10. The van der Waals surface area contributed by atoms with Gasteiger partial charge in [0.25, 0.3) is 0 Å². The summed E-state index contributed by atoms with van der Waals surface area (Å²) in [6.07, 6.45) is 3.23. The SMILES string of the molecule is CCOC(=O)/C(=C/c1ccc[nH]1)C(=O)c1ccccc1. The molecule has 0 fully saturated rings. The summed E-state index contributed by atoms with van der Waals surface area (Å²) in [6, 6.07) is 12.2. The van der Waals surface area contributed by atoms with Crippen LogP contribution in [0.5, 0.6) is 0 Å². The van der Waals surface area contributed by atoms with E-state index in [-0.39, 0.29) is 18.0 Å². The Kier molecular flexibility index (Phi) is 4.50. The number of esters is 1. The third-order valence-corrected chi connectivity index (χ3v) is 2.70. The summed E-state index contributed by atoms with van der Waals surface area (Å²) < 4.78 is 4.95. The van der Waals surface area contributed by atoms with Crippen LogP contribution in [-0.2, 0) is 9.53 Å². The molecule has 0 aliphatic carbocycles. The van der Waals surface area contributed by atoms with Crippen molar-refractivity contribution in [2.75, 3.05) is 6.61 Å². The molecule has 102 valence electrons. The second kappa shape index (κ2) is 6.52. The van der Waals surface area contributed by atoms with E-state index in [1.807, 2.05) is 6.07 Å². The predicted molar refractivity (Wildman–Crippen MR) is 76.2 cm³/mol. The molecule has 0 aliphatic rings. The molecule has 20 heavy (non-hydrogen) atoms. The van der Waals surface area contributed by atoms with Gasteiger partial charge >= 0.3 is 5.97 Å². The smallest absolute Gasteiger partial charge is 0.342 e. The van der Waals surface area contributed by atoms with E-state index in [2.05, 4.69) is 4.98 Å². The van der Waals surface area contributed by atoms with Gasteiger partial charge in [0.2, 0.25) is 0 Å². The van der Waals surface area contributed by atoms with Crippen LogP contribution in [0.3, 0.4) is 0 Å². The summed E-state index contributed by atoms with van der Waals surface area (Å²) in [6.45, 7) is 1.93. The van der Waals surface area contributed by atoms with Gasteiger partial charge in [-0.15, -0.1) is 0 Å². The second-order valence-corrected chi connectivity index (χ2v) is 4.10. The number of H-pyrrole nitrogens is 1. The van der Waals surface area contributed by atoms with Crippen molar-refractivity contribution in [2.45, 2.75) is 6.92 Å². The molecule has 0 atom stereocenters.